The Morgan fingerprint density at radius 3 is 2.42 bits per heavy atom. The molecule has 6 nitrogen and oxygen atoms in total. The number of hydrogen-bond donors (Lipinski definition) is 0. The molecule has 0 spiro atoms. The van der Waals surface area contributed by atoms with Gasteiger partial charge in [0.1, 0.15) is 5.92 Å². The van der Waals surface area contributed by atoms with Crippen LogP contribution in [0.4, 0.5) is 0 Å². The average molecular weight is 554 g/mol. The molecule has 2 aliphatic rings. The maximum Gasteiger partial charge on any atom is 0.315 e. The zero-order valence-corrected chi connectivity index (χ0v) is 22.9. The van der Waals surface area contributed by atoms with E-state index < -0.39 is 11.8 Å². The van der Waals surface area contributed by atoms with Crippen molar-refractivity contribution >= 4 is 33.4 Å². The van der Waals surface area contributed by atoms with Crippen molar-refractivity contribution in [1.82, 2.24) is 0 Å². The number of hydrogen-bond acceptors (Lipinski definition) is 6. The van der Waals surface area contributed by atoms with Crippen LogP contribution in [-0.4, -0.2) is 37.8 Å². The molecule has 1 aliphatic carbocycles. The molecule has 0 amide bonds. The number of halogens is 1. The van der Waals surface area contributed by atoms with Gasteiger partial charge < -0.3 is 14.2 Å². The molecule has 4 atom stereocenters. The molecule has 2 aromatic rings. The third-order valence-electron chi connectivity index (χ3n) is 7.14. The van der Waals surface area contributed by atoms with E-state index in [0.717, 1.165) is 21.3 Å². The molecule has 0 fully saturated rings. The molecule has 1 aliphatic heterocycles. The van der Waals surface area contributed by atoms with E-state index in [4.69, 9.17) is 19.2 Å². The number of carbonyl (C=O) groups is 2. The Bertz CT molecular complexity index is 1220. The van der Waals surface area contributed by atoms with Crippen molar-refractivity contribution in [2.45, 2.75) is 58.0 Å². The van der Waals surface area contributed by atoms with Crippen molar-refractivity contribution in [3.8, 4) is 11.5 Å². The second-order valence-corrected chi connectivity index (χ2v) is 10.2. The third kappa shape index (κ3) is 4.99. The zero-order chi connectivity index (χ0) is 26.0. The lowest BCUT2D eigenvalue weighted by molar-refractivity contribution is -0.151. The molecule has 36 heavy (non-hydrogen) atoms. The van der Waals surface area contributed by atoms with E-state index in [0.29, 0.717) is 42.0 Å². The first-order valence-corrected chi connectivity index (χ1v) is 13.1. The van der Waals surface area contributed by atoms with Crippen LogP contribution < -0.4 is 9.47 Å². The molecular weight excluding hydrogens is 522 g/mol. The smallest absolute Gasteiger partial charge is 0.315 e. The van der Waals surface area contributed by atoms with Crippen molar-refractivity contribution in [3.05, 3.63) is 69.3 Å². The zero-order valence-electron chi connectivity index (χ0n) is 21.3. The molecule has 1 unspecified atom stereocenters. The number of ketones is 1. The first-order chi connectivity index (χ1) is 17.3. The Labute approximate surface area is 220 Å². The number of benzene rings is 2. The number of esters is 1. The molecule has 0 saturated heterocycles. The summed E-state index contributed by atoms with van der Waals surface area (Å²) in [6.45, 7) is 5.69. The monoisotopic (exact) mass is 553 g/mol. The molecule has 1 heterocycles. The summed E-state index contributed by atoms with van der Waals surface area (Å²) < 4.78 is 17.5. The van der Waals surface area contributed by atoms with E-state index in [1.54, 1.807) is 14.2 Å². The van der Waals surface area contributed by atoms with Crippen LogP contribution in [0.3, 0.4) is 0 Å². The summed E-state index contributed by atoms with van der Waals surface area (Å²) in [5, 5.41) is 0. The first kappa shape index (κ1) is 26.1. The van der Waals surface area contributed by atoms with Crippen LogP contribution >= 0.6 is 15.9 Å². The summed E-state index contributed by atoms with van der Waals surface area (Å²) in [6.07, 6.45) is 1.47. The average Bonchev–Trinajstić information content (AvgIpc) is 2.87. The van der Waals surface area contributed by atoms with Gasteiger partial charge in [0.05, 0.1) is 20.3 Å². The lowest BCUT2D eigenvalue weighted by Crippen LogP contribution is -2.39. The van der Waals surface area contributed by atoms with Gasteiger partial charge in [-0.15, -0.1) is 0 Å². The van der Waals surface area contributed by atoms with Gasteiger partial charge in [0, 0.05) is 33.8 Å². The van der Waals surface area contributed by atoms with Crippen LogP contribution in [0.25, 0.3) is 0 Å². The minimum absolute atomic E-state index is 0.00868. The van der Waals surface area contributed by atoms with E-state index in [1.807, 2.05) is 51.1 Å². The normalized spacial score (nSPS) is 22.4. The highest BCUT2D eigenvalue weighted by Gasteiger charge is 2.46. The number of Topliss-reactive ketones (excluding diaryl/α,β-unsaturated/α-hetero) is 1. The maximum atomic E-state index is 13.8. The SMILES string of the molecule is CC[C@@H](C)OC(=O)C1C(C)=NC2=C(C(=O)C[C@H](c3ccccc3)C2)[C@@H]1c1cc(OC)c(OC)cc1Br. The number of nitrogens with zero attached hydrogens (tertiary/aromatic N) is 1. The van der Waals surface area contributed by atoms with Crippen molar-refractivity contribution < 1.29 is 23.8 Å². The second kappa shape index (κ2) is 11.0. The highest BCUT2D eigenvalue weighted by atomic mass is 79.9. The molecule has 0 bridgehead atoms. The van der Waals surface area contributed by atoms with Crippen LogP contribution in [0.5, 0.6) is 11.5 Å². The van der Waals surface area contributed by atoms with Crippen LogP contribution in [0.1, 0.15) is 63.0 Å². The van der Waals surface area contributed by atoms with Crippen LogP contribution in [0, 0.1) is 5.92 Å². The number of allylic oxidation sites excluding steroid dienone is 2. The van der Waals surface area contributed by atoms with Crippen molar-refractivity contribution in [2.24, 2.45) is 10.9 Å². The predicted octanol–water partition coefficient (Wildman–Crippen LogP) is 6.38. The quantitative estimate of drug-likeness (QED) is 0.371. The molecule has 7 heteroatoms. The Kier molecular flexibility index (Phi) is 7.98. The highest BCUT2D eigenvalue weighted by molar-refractivity contribution is 9.10. The molecule has 0 N–H and O–H groups in total. The fraction of sp³-hybridized carbons (Fsp3) is 0.414. The Hall–Kier alpha value is -2.93. The van der Waals surface area contributed by atoms with Crippen molar-refractivity contribution in [1.29, 1.82) is 0 Å². The van der Waals surface area contributed by atoms with E-state index in [2.05, 4.69) is 28.1 Å². The topological polar surface area (TPSA) is 74.2 Å². The second-order valence-electron chi connectivity index (χ2n) is 9.39. The van der Waals surface area contributed by atoms with E-state index in [1.165, 1.54) is 0 Å². The lowest BCUT2D eigenvalue weighted by Gasteiger charge is -2.37. The first-order valence-electron chi connectivity index (χ1n) is 12.3. The van der Waals surface area contributed by atoms with Crippen LogP contribution in [-0.2, 0) is 14.3 Å². The number of ether oxygens (including phenoxy) is 3. The molecule has 190 valence electrons. The van der Waals surface area contributed by atoms with Crippen molar-refractivity contribution in [3.63, 3.8) is 0 Å². The molecule has 0 radical (unpaired) electrons. The maximum absolute atomic E-state index is 13.8. The van der Waals surface area contributed by atoms with Crippen LogP contribution in [0.15, 0.2) is 63.2 Å². The van der Waals surface area contributed by atoms with E-state index >= 15 is 0 Å². The number of rotatable bonds is 7. The van der Waals surface area contributed by atoms with Gasteiger partial charge in [-0.25, -0.2) is 0 Å². The Balaban J connectivity index is 1.86. The van der Waals surface area contributed by atoms with Gasteiger partial charge in [0.2, 0.25) is 0 Å². The molecule has 0 aromatic heterocycles. The van der Waals surface area contributed by atoms with Crippen molar-refractivity contribution in [2.75, 3.05) is 14.2 Å². The lowest BCUT2D eigenvalue weighted by atomic mass is 9.69. The summed E-state index contributed by atoms with van der Waals surface area (Å²) in [5.74, 6) is -0.501. The molecule has 0 saturated carbocycles. The summed E-state index contributed by atoms with van der Waals surface area (Å²) in [6, 6.07) is 13.7. The van der Waals surface area contributed by atoms with Gasteiger partial charge in [-0.3, -0.25) is 14.6 Å². The van der Waals surface area contributed by atoms with Gasteiger partial charge in [0.15, 0.2) is 17.3 Å². The predicted molar refractivity (Wildman–Crippen MR) is 143 cm³/mol. The Morgan fingerprint density at radius 1 is 1.11 bits per heavy atom. The van der Waals surface area contributed by atoms with E-state index in [9.17, 15) is 9.59 Å². The number of carbonyl (C=O) groups excluding carboxylic acids is 2. The van der Waals surface area contributed by atoms with Gasteiger partial charge in [-0.2, -0.15) is 0 Å². The summed E-state index contributed by atoms with van der Waals surface area (Å²) >= 11 is 3.67. The summed E-state index contributed by atoms with van der Waals surface area (Å²) in [5.41, 5.74) is 3.87. The Morgan fingerprint density at radius 2 is 1.78 bits per heavy atom. The van der Waals surface area contributed by atoms with Crippen LogP contribution in [0.2, 0.25) is 0 Å². The summed E-state index contributed by atoms with van der Waals surface area (Å²) in [7, 11) is 3.14. The highest BCUT2D eigenvalue weighted by Crippen LogP contribution is 2.50. The third-order valence-corrected chi connectivity index (χ3v) is 7.83. The summed E-state index contributed by atoms with van der Waals surface area (Å²) in [4.78, 5) is 32.1. The molecule has 4 rings (SSSR count). The minimum Gasteiger partial charge on any atom is -0.493 e. The van der Waals surface area contributed by atoms with Gasteiger partial charge in [0.25, 0.3) is 0 Å². The molecular formula is C29H32BrNO5. The minimum atomic E-state index is -0.718. The van der Waals surface area contributed by atoms with Gasteiger partial charge in [-0.1, -0.05) is 53.2 Å². The number of methoxy groups -OCH3 is 2. The standard InChI is InChI=1S/C29H32BrNO5/c1-6-16(2)36-29(33)26-17(3)31-22-12-19(18-10-8-7-9-11-18)13-23(32)28(22)27(26)20-14-24(34-4)25(35-5)15-21(20)30/h7-11,14-16,19,26-27H,6,12-13H2,1-5H3/t16-,19-,26?,27-/m1/s1. The largest absolute Gasteiger partial charge is 0.493 e. The molecule has 2 aromatic carbocycles. The number of aliphatic imine (C=N–C) groups is 1. The fourth-order valence-electron chi connectivity index (χ4n) is 5.13. The van der Waals surface area contributed by atoms with Gasteiger partial charge >= 0.3 is 5.97 Å². The van der Waals surface area contributed by atoms with E-state index in [-0.39, 0.29) is 23.8 Å². The fourth-order valence-corrected chi connectivity index (χ4v) is 5.69. The van der Waals surface area contributed by atoms with Gasteiger partial charge in [-0.05, 0) is 55.9 Å².